The number of carbonyl (C=O) groups excluding carboxylic acids is 1. The number of nitrogens with one attached hydrogen (secondary N) is 1. The van der Waals surface area contributed by atoms with Crippen LogP contribution in [0.2, 0.25) is 0 Å². The summed E-state index contributed by atoms with van der Waals surface area (Å²) in [6, 6.07) is 2.42. The lowest BCUT2D eigenvalue weighted by Crippen LogP contribution is -2.06. The van der Waals surface area contributed by atoms with Crippen molar-refractivity contribution in [3.8, 4) is 0 Å². The fourth-order valence-electron chi connectivity index (χ4n) is 1.80. The van der Waals surface area contributed by atoms with E-state index >= 15 is 0 Å². The van der Waals surface area contributed by atoms with Gasteiger partial charge in [0.25, 0.3) is 0 Å². The molecule has 0 aliphatic carbocycles. The average molecular weight is 280 g/mol. The summed E-state index contributed by atoms with van der Waals surface area (Å²) in [4.78, 5) is 14.9. The molecule has 0 saturated carbocycles. The number of aldehydes is 1. The van der Waals surface area contributed by atoms with E-state index in [1.807, 2.05) is 6.92 Å². The number of benzene rings is 1. The Morgan fingerprint density at radius 1 is 1.15 bits per heavy atom. The van der Waals surface area contributed by atoms with Crippen molar-refractivity contribution in [2.75, 3.05) is 5.32 Å². The van der Waals surface area contributed by atoms with E-state index in [1.165, 1.54) is 6.20 Å². The van der Waals surface area contributed by atoms with Crippen LogP contribution in [0, 0.1) is 31.3 Å². The predicted molar refractivity (Wildman–Crippen MR) is 68.7 cm³/mol. The third-order valence-electron chi connectivity index (χ3n) is 2.78. The highest BCUT2D eigenvalue weighted by Gasteiger charge is 2.19. The van der Waals surface area contributed by atoms with E-state index in [1.54, 1.807) is 13.0 Å². The van der Waals surface area contributed by atoms with Gasteiger partial charge in [-0.25, -0.2) is 18.2 Å². The van der Waals surface area contributed by atoms with Gasteiger partial charge in [-0.3, -0.25) is 4.79 Å². The fraction of sp³-hybridized carbons (Fsp3) is 0.143. The average Bonchev–Trinajstić information content (AvgIpc) is 2.41. The normalized spacial score (nSPS) is 10.4. The Hall–Kier alpha value is -2.37. The van der Waals surface area contributed by atoms with Crippen molar-refractivity contribution >= 4 is 17.8 Å². The number of anilines is 2. The SMILES string of the molecule is Cc1cnc(Nc2c(C=O)cc(F)c(F)c2F)c(C)c1. The van der Waals surface area contributed by atoms with Gasteiger partial charge >= 0.3 is 0 Å². The van der Waals surface area contributed by atoms with Gasteiger partial charge in [0.05, 0.1) is 5.69 Å². The molecule has 2 aromatic rings. The fourth-order valence-corrected chi connectivity index (χ4v) is 1.80. The molecule has 1 heterocycles. The van der Waals surface area contributed by atoms with Crippen LogP contribution in [0.4, 0.5) is 24.7 Å². The van der Waals surface area contributed by atoms with Crippen molar-refractivity contribution in [1.82, 2.24) is 4.98 Å². The van der Waals surface area contributed by atoms with Gasteiger partial charge in [-0.05, 0) is 31.0 Å². The van der Waals surface area contributed by atoms with Crippen molar-refractivity contribution in [2.24, 2.45) is 0 Å². The number of hydrogen-bond acceptors (Lipinski definition) is 3. The van der Waals surface area contributed by atoms with Gasteiger partial charge in [-0.15, -0.1) is 0 Å². The zero-order chi connectivity index (χ0) is 14.9. The van der Waals surface area contributed by atoms with E-state index in [0.29, 0.717) is 11.6 Å². The first kappa shape index (κ1) is 14.0. The molecule has 20 heavy (non-hydrogen) atoms. The second-order valence-corrected chi connectivity index (χ2v) is 4.37. The Morgan fingerprint density at radius 3 is 2.45 bits per heavy atom. The van der Waals surface area contributed by atoms with Gasteiger partial charge in [-0.2, -0.15) is 0 Å². The van der Waals surface area contributed by atoms with E-state index in [4.69, 9.17) is 0 Å². The van der Waals surface area contributed by atoms with Gasteiger partial charge < -0.3 is 5.32 Å². The zero-order valence-corrected chi connectivity index (χ0v) is 10.8. The number of carbonyl (C=O) groups is 1. The molecule has 0 aliphatic rings. The zero-order valence-electron chi connectivity index (χ0n) is 10.8. The molecule has 6 heteroatoms. The van der Waals surface area contributed by atoms with E-state index in [0.717, 1.165) is 5.56 Å². The highest BCUT2D eigenvalue weighted by Crippen LogP contribution is 2.27. The van der Waals surface area contributed by atoms with E-state index in [-0.39, 0.29) is 17.7 Å². The summed E-state index contributed by atoms with van der Waals surface area (Å²) in [6.45, 7) is 3.56. The minimum atomic E-state index is -1.64. The molecule has 0 amide bonds. The van der Waals surface area contributed by atoms with Crippen molar-refractivity contribution in [3.05, 3.63) is 52.5 Å². The first-order valence-electron chi connectivity index (χ1n) is 5.77. The molecule has 1 aromatic carbocycles. The van der Waals surface area contributed by atoms with Crippen LogP contribution in [0.15, 0.2) is 18.3 Å². The maximum Gasteiger partial charge on any atom is 0.196 e. The second kappa shape index (κ2) is 5.32. The first-order valence-corrected chi connectivity index (χ1v) is 5.77. The van der Waals surface area contributed by atoms with Gasteiger partial charge in [-0.1, -0.05) is 6.07 Å². The number of aromatic nitrogens is 1. The van der Waals surface area contributed by atoms with Gasteiger partial charge in [0.15, 0.2) is 23.7 Å². The molecule has 3 nitrogen and oxygen atoms in total. The van der Waals surface area contributed by atoms with Crippen LogP contribution in [0.3, 0.4) is 0 Å². The summed E-state index contributed by atoms with van der Waals surface area (Å²) in [5.74, 6) is -4.23. The third-order valence-corrected chi connectivity index (χ3v) is 2.78. The maximum absolute atomic E-state index is 13.7. The molecule has 0 unspecified atom stereocenters. The van der Waals surface area contributed by atoms with E-state index in [2.05, 4.69) is 10.3 Å². The smallest absolute Gasteiger partial charge is 0.196 e. The van der Waals surface area contributed by atoms with E-state index < -0.39 is 23.1 Å². The topological polar surface area (TPSA) is 42.0 Å². The van der Waals surface area contributed by atoms with Crippen LogP contribution < -0.4 is 5.32 Å². The standard InChI is InChI=1S/C14H11F3N2O/c1-7-3-8(2)14(18-5-7)19-13-9(6-20)4-10(15)11(16)12(13)17/h3-6H,1-2H3,(H,18,19). The molecule has 0 atom stereocenters. The Balaban J connectivity index is 2.53. The quantitative estimate of drug-likeness (QED) is 0.689. The summed E-state index contributed by atoms with van der Waals surface area (Å²) in [5.41, 5.74) is 0.835. The molecule has 0 aliphatic heterocycles. The Kier molecular flexibility index (Phi) is 3.74. The maximum atomic E-state index is 13.7. The van der Waals surface area contributed by atoms with Crippen LogP contribution in [0.5, 0.6) is 0 Å². The Morgan fingerprint density at radius 2 is 1.85 bits per heavy atom. The monoisotopic (exact) mass is 280 g/mol. The highest BCUT2D eigenvalue weighted by molar-refractivity contribution is 5.86. The Bertz CT molecular complexity index is 687. The van der Waals surface area contributed by atoms with Crippen LogP contribution in [-0.2, 0) is 0 Å². The minimum absolute atomic E-state index is 0.247. The lowest BCUT2D eigenvalue weighted by molar-refractivity contribution is 0.112. The summed E-state index contributed by atoms with van der Waals surface area (Å²) >= 11 is 0. The highest BCUT2D eigenvalue weighted by atomic mass is 19.2. The molecule has 0 fully saturated rings. The number of hydrogen-bond donors (Lipinski definition) is 1. The van der Waals surface area contributed by atoms with Crippen LogP contribution in [0.1, 0.15) is 21.5 Å². The largest absolute Gasteiger partial charge is 0.337 e. The molecule has 0 radical (unpaired) electrons. The molecular formula is C14H11F3N2O. The van der Waals surface area contributed by atoms with Crippen LogP contribution in [0.25, 0.3) is 0 Å². The van der Waals surface area contributed by atoms with E-state index in [9.17, 15) is 18.0 Å². The third kappa shape index (κ3) is 2.49. The first-order chi connectivity index (χ1) is 9.43. The molecule has 104 valence electrons. The molecule has 0 saturated heterocycles. The number of aryl methyl sites for hydroxylation is 2. The molecule has 0 spiro atoms. The second-order valence-electron chi connectivity index (χ2n) is 4.37. The van der Waals surface area contributed by atoms with Gasteiger partial charge in [0, 0.05) is 11.8 Å². The lowest BCUT2D eigenvalue weighted by Gasteiger charge is -2.12. The summed E-state index contributed by atoms with van der Waals surface area (Å²) in [7, 11) is 0. The number of pyridine rings is 1. The van der Waals surface area contributed by atoms with Gasteiger partial charge in [0.2, 0.25) is 0 Å². The molecular weight excluding hydrogens is 269 g/mol. The number of rotatable bonds is 3. The molecule has 2 rings (SSSR count). The summed E-state index contributed by atoms with van der Waals surface area (Å²) in [5, 5.41) is 2.53. The van der Waals surface area contributed by atoms with Crippen molar-refractivity contribution in [2.45, 2.75) is 13.8 Å². The van der Waals surface area contributed by atoms with Crippen molar-refractivity contribution in [3.63, 3.8) is 0 Å². The van der Waals surface area contributed by atoms with Crippen LogP contribution >= 0.6 is 0 Å². The van der Waals surface area contributed by atoms with Crippen molar-refractivity contribution < 1.29 is 18.0 Å². The Labute approximate surface area is 113 Å². The molecule has 1 aromatic heterocycles. The summed E-state index contributed by atoms with van der Waals surface area (Å²) < 4.78 is 40.1. The van der Waals surface area contributed by atoms with Crippen LogP contribution in [-0.4, -0.2) is 11.3 Å². The molecule has 0 bridgehead atoms. The van der Waals surface area contributed by atoms with Gasteiger partial charge in [0.1, 0.15) is 5.82 Å². The number of halogens is 3. The minimum Gasteiger partial charge on any atom is -0.337 e. The predicted octanol–water partition coefficient (Wildman–Crippen LogP) is 3.67. The lowest BCUT2D eigenvalue weighted by atomic mass is 10.1. The number of nitrogens with zero attached hydrogens (tertiary/aromatic N) is 1. The summed E-state index contributed by atoms with van der Waals surface area (Å²) in [6.07, 6.45) is 1.78. The molecule has 1 N–H and O–H groups in total. The van der Waals surface area contributed by atoms with Crippen molar-refractivity contribution in [1.29, 1.82) is 0 Å².